The molecule has 0 aliphatic carbocycles. The van der Waals surface area contributed by atoms with E-state index in [9.17, 15) is 0 Å². The molecule has 2 aromatic heterocycles. The van der Waals surface area contributed by atoms with Crippen LogP contribution in [-0.2, 0) is 0 Å². The van der Waals surface area contributed by atoms with Gasteiger partial charge in [-0.3, -0.25) is 0 Å². The lowest BCUT2D eigenvalue weighted by Gasteiger charge is -2.13. The molecule has 0 spiro atoms. The summed E-state index contributed by atoms with van der Waals surface area (Å²) in [6.07, 6.45) is 0. The molecule has 4 nitrogen and oxygen atoms in total. The summed E-state index contributed by atoms with van der Waals surface area (Å²) < 4.78 is 2.36. The van der Waals surface area contributed by atoms with Crippen LogP contribution in [0.5, 0.6) is 0 Å². The Kier molecular flexibility index (Phi) is 9.46. The van der Waals surface area contributed by atoms with E-state index in [0.29, 0.717) is 17.5 Å². The molecule has 12 aromatic rings. The van der Waals surface area contributed by atoms with E-state index in [-0.39, 0.29) is 0 Å². The standard InChI is InChI=1S/C61H40N4/c1-5-16-41(17-6-1)47-23-15-24-48(36-47)52-38-50(42-18-7-2-8-19-42)37-51(39-52)43-28-30-46(31-29-43)60-62-59(45-21-9-3-10-22-45)63-61(64-60)49-32-34-55-57(40-49)65(53-25-11-4-12-26-53)56-35-33-44-20-13-14-27-54(44)58(55)56/h1-40H. The Morgan fingerprint density at radius 2 is 0.677 bits per heavy atom. The third-order valence-electron chi connectivity index (χ3n) is 12.4. The van der Waals surface area contributed by atoms with Gasteiger partial charge in [-0.05, 0) is 104 Å². The first-order valence-corrected chi connectivity index (χ1v) is 22.0. The average molecular weight is 829 g/mol. The zero-order valence-corrected chi connectivity index (χ0v) is 35.4. The molecule has 0 atom stereocenters. The molecule has 2 heterocycles. The molecule has 0 amide bonds. The Balaban J connectivity index is 0.977. The predicted molar refractivity (Wildman–Crippen MR) is 270 cm³/mol. The molecule has 0 unspecified atom stereocenters. The van der Waals surface area contributed by atoms with Crippen molar-refractivity contribution in [2.24, 2.45) is 0 Å². The number of rotatable bonds is 8. The fourth-order valence-electron chi connectivity index (χ4n) is 9.21. The summed E-state index contributed by atoms with van der Waals surface area (Å²) in [6, 6.07) is 86.0. The number of para-hydroxylation sites is 1. The summed E-state index contributed by atoms with van der Waals surface area (Å²) in [5.41, 5.74) is 15.4. The van der Waals surface area contributed by atoms with Gasteiger partial charge in [0.15, 0.2) is 17.5 Å². The van der Waals surface area contributed by atoms with E-state index >= 15 is 0 Å². The highest BCUT2D eigenvalue weighted by atomic mass is 15.0. The lowest BCUT2D eigenvalue weighted by Crippen LogP contribution is -2.00. The molecule has 4 heteroatoms. The quantitative estimate of drug-likeness (QED) is 0.153. The highest BCUT2D eigenvalue weighted by molar-refractivity contribution is 6.21. The van der Waals surface area contributed by atoms with Crippen molar-refractivity contribution in [1.29, 1.82) is 0 Å². The maximum absolute atomic E-state index is 5.22. The minimum Gasteiger partial charge on any atom is -0.309 e. The number of aromatic nitrogens is 4. The Bertz CT molecular complexity index is 3670. The van der Waals surface area contributed by atoms with Crippen molar-refractivity contribution in [3.05, 3.63) is 243 Å². The molecule has 12 rings (SSSR count). The summed E-state index contributed by atoms with van der Waals surface area (Å²) in [6.45, 7) is 0. The zero-order chi connectivity index (χ0) is 43.1. The molecule has 0 aliphatic heterocycles. The van der Waals surface area contributed by atoms with Crippen LogP contribution in [0.4, 0.5) is 0 Å². The molecule has 0 radical (unpaired) electrons. The second kappa shape index (κ2) is 16.2. The number of benzene rings is 10. The van der Waals surface area contributed by atoms with Crippen LogP contribution >= 0.6 is 0 Å². The maximum atomic E-state index is 5.22. The van der Waals surface area contributed by atoms with E-state index in [0.717, 1.165) is 50.1 Å². The Morgan fingerprint density at radius 3 is 1.32 bits per heavy atom. The van der Waals surface area contributed by atoms with Gasteiger partial charge >= 0.3 is 0 Å². The summed E-state index contributed by atoms with van der Waals surface area (Å²) >= 11 is 0. The van der Waals surface area contributed by atoms with Gasteiger partial charge in [0.2, 0.25) is 0 Å². The van der Waals surface area contributed by atoms with Gasteiger partial charge in [-0.2, -0.15) is 0 Å². The van der Waals surface area contributed by atoms with Crippen LogP contribution in [0.2, 0.25) is 0 Å². The van der Waals surface area contributed by atoms with Crippen LogP contribution in [0.15, 0.2) is 243 Å². The number of hydrogen-bond donors (Lipinski definition) is 0. The van der Waals surface area contributed by atoms with Gasteiger partial charge in [0.05, 0.1) is 11.0 Å². The Hall–Kier alpha value is -8.73. The number of hydrogen-bond acceptors (Lipinski definition) is 3. The SMILES string of the molecule is c1ccc(-c2cccc(-c3cc(-c4ccccc4)cc(-c4ccc(-c5nc(-c6ccccc6)nc(-c6ccc7c8c9ccccc9ccc8n(-c8ccccc8)c7c6)n5)cc4)c3)c2)cc1. The van der Waals surface area contributed by atoms with Gasteiger partial charge in [0, 0.05) is 33.2 Å². The highest BCUT2D eigenvalue weighted by Crippen LogP contribution is 2.40. The van der Waals surface area contributed by atoms with Gasteiger partial charge in [-0.25, -0.2) is 15.0 Å². The topological polar surface area (TPSA) is 43.6 Å². The van der Waals surface area contributed by atoms with Crippen molar-refractivity contribution in [3.63, 3.8) is 0 Å². The molecule has 0 saturated carbocycles. The third kappa shape index (κ3) is 7.13. The smallest absolute Gasteiger partial charge is 0.164 e. The first kappa shape index (κ1) is 38.0. The first-order chi connectivity index (χ1) is 32.2. The second-order valence-corrected chi connectivity index (χ2v) is 16.4. The minimum atomic E-state index is 0.617. The molecular formula is C61H40N4. The van der Waals surface area contributed by atoms with E-state index < -0.39 is 0 Å². The van der Waals surface area contributed by atoms with Crippen LogP contribution in [0.25, 0.3) is 117 Å². The third-order valence-corrected chi connectivity index (χ3v) is 12.4. The molecular weight excluding hydrogens is 789 g/mol. The van der Waals surface area contributed by atoms with Gasteiger partial charge in [0.1, 0.15) is 0 Å². The first-order valence-electron chi connectivity index (χ1n) is 22.0. The molecule has 10 aromatic carbocycles. The van der Waals surface area contributed by atoms with E-state index in [1.807, 2.05) is 18.2 Å². The van der Waals surface area contributed by atoms with Crippen molar-refractivity contribution in [2.75, 3.05) is 0 Å². The molecule has 65 heavy (non-hydrogen) atoms. The number of fused-ring (bicyclic) bond motifs is 5. The molecule has 0 fully saturated rings. The van der Waals surface area contributed by atoms with E-state index in [2.05, 4.69) is 229 Å². The van der Waals surface area contributed by atoms with Gasteiger partial charge in [-0.1, -0.05) is 194 Å². The maximum Gasteiger partial charge on any atom is 0.164 e. The van der Waals surface area contributed by atoms with Crippen molar-refractivity contribution in [1.82, 2.24) is 19.5 Å². The van der Waals surface area contributed by atoms with Crippen molar-refractivity contribution in [3.8, 4) is 84.4 Å². The molecule has 0 aliphatic rings. The van der Waals surface area contributed by atoms with Gasteiger partial charge in [0.25, 0.3) is 0 Å². The molecule has 0 saturated heterocycles. The van der Waals surface area contributed by atoms with E-state index in [1.165, 1.54) is 49.4 Å². The van der Waals surface area contributed by atoms with Crippen molar-refractivity contribution < 1.29 is 0 Å². The van der Waals surface area contributed by atoms with E-state index in [1.54, 1.807) is 0 Å². The predicted octanol–water partition coefficient (Wildman–Crippen LogP) is 15.8. The summed E-state index contributed by atoms with van der Waals surface area (Å²) in [4.78, 5) is 15.5. The van der Waals surface area contributed by atoms with Gasteiger partial charge < -0.3 is 4.57 Å². The number of nitrogens with zero attached hydrogens (tertiary/aromatic N) is 4. The zero-order valence-electron chi connectivity index (χ0n) is 35.4. The second-order valence-electron chi connectivity index (χ2n) is 16.4. The Morgan fingerprint density at radius 1 is 0.246 bits per heavy atom. The molecule has 0 bridgehead atoms. The minimum absolute atomic E-state index is 0.617. The van der Waals surface area contributed by atoms with Gasteiger partial charge in [-0.15, -0.1) is 0 Å². The van der Waals surface area contributed by atoms with Crippen LogP contribution in [-0.4, -0.2) is 19.5 Å². The highest BCUT2D eigenvalue weighted by Gasteiger charge is 2.19. The lowest BCUT2D eigenvalue weighted by atomic mass is 9.92. The molecule has 304 valence electrons. The fraction of sp³-hybridized carbons (Fsp3) is 0. The monoisotopic (exact) mass is 828 g/mol. The Labute approximate surface area is 377 Å². The van der Waals surface area contributed by atoms with Crippen molar-refractivity contribution in [2.45, 2.75) is 0 Å². The summed E-state index contributed by atoms with van der Waals surface area (Å²) in [5.74, 6) is 1.86. The normalized spacial score (nSPS) is 11.4. The lowest BCUT2D eigenvalue weighted by molar-refractivity contribution is 1.07. The summed E-state index contributed by atoms with van der Waals surface area (Å²) in [7, 11) is 0. The fourth-order valence-corrected chi connectivity index (χ4v) is 9.21. The van der Waals surface area contributed by atoms with Crippen LogP contribution in [0.1, 0.15) is 0 Å². The van der Waals surface area contributed by atoms with Crippen molar-refractivity contribution >= 4 is 32.6 Å². The largest absolute Gasteiger partial charge is 0.309 e. The average Bonchev–Trinajstić information content (AvgIpc) is 3.74. The van der Waals surface area contributed by atoms with E-state index in [4.69, 9.17) is 15.0 Å². The van der Waals surface area contributed by atoms with Crippen LogP contribution < -0.4 is 0 Å². The molecule has 0 N–H and O–H groups in total. The van der Waals surface area contributed by atoms with Crippen LogP contribution in [0, 0.1) is 0 Å². The van der Waals surface area contributed by atoms with Crippen LogP contribution in [0.3, 0.4) is 0 Å². The summed E-state index contributed by atoms with van der Waals surface area (Å²) in [5, 5.41) is 4.86.